The Morgan fingerprint density at radius 1 is 1.21 bits per heavy atom. The molecule has 0 heterocycles. The van der Waals surface area contributed by atoms with Crippen LogP contribution in [0.1, 0.15) is 15.9 Å². The van der Waals surface area contributed by atoms with Crippen molar-refractivity contribution in [2.45, 2.75) is 0 Å². The summed E-state index contributed by atoms with van der Waals surface area (Å²) in [5.41, 5.74) is 6.23. The summed E-state index contributed by atoms with van der Waals surface area (Å²) in [7, 11) is 0. The van der Waals surface area contributed by atoms with Gasteiger partial charge in [0.2, 0.25) is 0 Å². The highest BCUT2D eigenvalue weighted by Crippen LogP contribution is 2.03. The molecule has 0 atom stereocenters. The van der Waals surface area contributed by atoms with Gasteiger partial charge in [-0.1, -0.05) is 24.4 Å². The molecular weight excluding hydrogens is 198 g/mol. The summed E-state index contributed by atoms with van der Waals surface area (Å²) in [5.74, 6) is -0.954. The molecule has 0 aromatic heterocycles. The second-order valence-corrected chi connectivity index (χ2v) is 2.69. The van der Waals surface area contributed by atoms with E-state index in [1.54, 1.807) is 12.1 Å². The molecule has 0 fully saturated rings. The maximum Gasteiger partial charge on any atom is 0.335 e. The van der Waals surface area contributed by atoms with Gasteiger partial charge in [0.05, 0.1) is 5.56 Å². The van der Waals surface area contributed by atoms with Crippen molar-refractivity contribution in [3.05, 3.63) is 48.6 Å². The molecule has 0 bridgehead atoms. The highest BCUT2D eigenvalue weighted by atomic mass is 32.1. The average Bonchev–Trinajstić information content (AvgIpc) is 2.21. The van der Waals surface area contributed by atoms with E-state index < -0.39 is 5.97 Å². The van der Waals surface area contributed by atoms with Crippen molar-refractivity contribution >= 4 is 23.2 Å². The predicted molar refractivity (Wildman–Crippen MR) is 60.5 cm³/mol. The van der Waals surface area contributed by atoms with E-state index in [0.717, 1.165) is 0 Å². The molecule has 0 aliphatic rings. The fraction of sp³-hybridized carbons (Fsp3) is 0. The van der Waals surface area contributed by atoms with Crippen molar-refractivity contribution in [1.29, 1.82) is 0 Å². The zero-order valence-corrected chi connectivity index (χ0v) is 8.38. The van der Waals surface area contributed by atoms with E-state index in [4.69, 9.17) is 23.1 Å². The fourth-order valence-corrected chi connectivity index (χ4v) is 0.913. The second kappa shape index (κ2) is 5.88. The lowest BCUT2D eigenvalue weighted by Gasteiger charge is -1.97. The summed E-state index contributed by atoms with van der Waals surface area (Å²) in [6.07, 6.45) is 0. The summed E-state index contributed by atoms with van der Waals surface area (Å²) >= 11 is 4.70. The number of carboxylic acid groups (broad SMARTS) is 1. The number of nitrogens with two attached hydrogens (primary N) is 1. The van der Waals surface area contributed by atoms with Gasteiger partial charge >= 0.3 is 5.97 Å². The second-order valence-electron chi connectivity index (χ2n) is 2.25. The number of rotatable bonds is 2. The van der Waals surface area contributed by atoms with Crippen LogP contribution in [0, 0.1) is 0 Å². The molecule has 4 heteroatoms. The predicted octanol–water partition coefficient (Wildman–Crippen LogP) is 1.82. The van der Waals surface area contributed by atoms with Crippen molar-refractivity contribution in [1.82, 2.24) is 0 Å². The average molecular weight is 209 g/mol. The van der Waals surface area contributed by atoms with Gasteiger partial charge in [0, 0.05) is 5.56 Å². The molecule has 0 aliphatic heterocycles. The van der Waals surface area contributed by atoms with Gasteiger partial charge in [0.15, 0.2) is 0 Å². The van der Waals surface area contributed by atoms with Crippen molar-refractivity contribution in [2.75, 3.05) is 0 Å². The Hall–Kier alpha value is -1.68. The molecule has 1 aromatic rings. The van der Waals surface area contributed by atoms with E-state index in [0.29, 0.717) is 5.56 Å². The van der Waals surface area contributed by atoms with Crippen molar-refractivity contribution in [3.63, 3.8) is 0 Å². The van der Waals surface area contributed by atoms with Crippen LogP contribution in [-0.4, -0.2) is 16.1 Å². The molecule has 1 rings (SSSR count). The number of carboxylic acids is 1. The lowest BCUT2D eigenvalue weighted by Crippen LogP contribution is -2.09. The van der Waals surface area contributed by atoms with Crippen LogP contribution in [0.4, 0.5) is 0 Å². The van der Waals surface area contributed by atoms with E-state index in [1.165, 1.54) is 12.1 Å². The standard InChI is InChI=1S/C8H7NO2S.C2H4/c9-7(12)5-1-3-6(4-2-5)8(10)11;1-2/h1-4H,(H2,9,12)(H,10,11);1-2H2. The number of aromatic carboxylic acids is 1. The van der Waals surface area contributed by atoms with Gasteiger partial charge in [-0.3, -0.25) is 0 Å². The lowest BCUT2D eigenvalue weighted by molar-refractivity contribution is 0.0697. The molecule has 3 nitrogen and oxygen atoms in total. The van der Waals surface area contributed by atoms with Crippen LogP contribution in [0.25, 0.3) is 0 Å². The third-order valence-electron chi connectivity index (χ3n) is 1.42. The minimum atomic E-state index is -0.954. The summed E-state index contributed by atoms with van der Waals surface area (Å²) in [6, 6.07) is 6.12. The minimum Gasteiger partial charge on any atom is -0.478 e. The van der Waals surface area contributed by atoms with Gasteiger partial charge in [-0.25, -0.2) is 4.79 Å². The Labute approximate surface area is 87.9 Å². The Morgan fingerprint density at radius 2 is 1.57 bits per heavy atom. The van der Waals surface area contributed by atoms with Gasteiger partial charge in [-0.2, -0.15) is 0 Å². The van der Waals surface area contributed by atoms with Crippen LogP contribution in [0.3, 0.4) is 0 Å². The Morgan fingerprint density at radius 3 is 1.86 bits per heavy atom. The van der Waals surface area contributed by atoms with Gasteiger partial charge in [-0.15, -0.1) is 13.2 Å². The molecule has 0 radical (unpaired) electrons. The highest BCUT2D eigenvalue weighted by Gasteiger charge is 2.01. The molecule has 0 amide bonds. The number of carbonyl (C=O) groups is 1. The van der Waals surface area contributed by atoms with Crippen molar-refractivity contribution in [2.24, 2.45) is 5.73 Å². The lowest BCUT2D eigenvalue weighted by atomic mass is 10.1. The summed E-state index contributed by atoms with van der Waals surface area (Å²) in [5, 5.41) is 8.55. The summed E-state index contributed by atoms with van der Waals surface area (Å²) < 4.78 is 0. The first-order valence-corrected chi connectivity index (χ1v) is 4.15. The molecule has 0 saturated carbocycles. The van der Waals surface area contributed by atoms with Crippen LogP contribution >= 0.6 is 12.2 Å². The van der Waals surface area contributed by atoms with Gasteiger partial charge in [0.25, 0.3) is 0 Å². The first kappa shape index (κ1) is 12.3. The maximum atomic E-state index is 10.4. The number of hydrogen-bond acceptors (Lipinski definition) is 2. The molecule has 0 unspecified atom stereocenters. The molecular formula is C10H11NO2S. The van der Waals surface area contributed by atoms with Crippen LogP contribution in [-0.2, 0) is 0 Å². The van der Waals surface area contributed by atoms with Crippen molar-refractivity contribution < 1.29 is 9.90 Å². The molecule has 3 N–H and O–H groups in total. The largest absolute Gasteiger partial charge is 0.478 e. The van der Waals surface area contributed by atoms with Gasteiger partial charge < -0.3 is 10.8 Å². The molecule has 1 aromatic carbocycles. The Balaban J connectivity index is 0.000000791. The molecule has 74 valence electrons. The van der Waals surface area contributed by atoms with Crippen molar-refractivity contribution in [3.8, 4) is 0 Å². The number of hydrogen-bond donors (Lipinski definition) is 2. The zero-order chi connectivity index (χ0) is 11.1. The first-order valence-electron chi connectivity index (χ1n) is 3.74. The molecule has 0 aliphatic carbocycles. The molecule has 0 saturated heterocycles. The van der Waals surface area contributed by atoms with Crippen LogP contribution in [0.15, 0.2) is 37.4 Å². The van der Waals surface area contributed by atoms with E-state index in [1.807, 2.05) is 0 Å². The van der Waals surface area contributed by atoms with Gasteiger partial charge in [-0.05, 0) is 12.1 Å². The molecule has 14 heavy (non-hydrogen) atoms. The summed E-state index contributed by atoms with van der Waals surface area (Å²) in [6.45, 7) is 6.00. The highest BCUT2D eigenvalue weighted by molar-refractivity contribution is 7.80. The van der Waals surface area contributed by atoms with E-state index in [9.17, 15) is 4.79 Å². The third kappa shape index (κ3) is 3.37. The SMILES string of the molecule is C=C.NC(=S)c1ccc(C(=O)O)cc1. The van der Waals surface area contributed by atoms with E-state index in [2.05, 4.69) is 13.2 Å². The smallest absolute Gasteiger partial charge is 0.335 e. The Bertz CT molecular complexity index is 299. The van der Waals surface area contributed by atoms with Gasteiger partial charge in [0.1, 0.15) is 4.99 Å². The van der Waals surface area contributed by atoms with E-state index in [-0.39, 0.29) is 10.6 Å². The van der Waals surface area contributed by atoms with Crippen LogP contribution in [0.5, 0.6) is 0 Å². The topological polar surface area (TPSA) is 63.3 Å². The minimum absolute atomic E-state index is 0.231. The first-order chi connectivity index (χ1) is 6.61. The maximum absolute atomic E-state index is 10.4. The third-order valence-corrected chi connectivity index (χ3v) is 1.65. The molecule has 0 spiro atoms. The summed E-state index contributed by atoms with van der Waals surface area (Å²) in [4.78, 5) is 10.7. The number of benzene rings is 1. The quantitative estimate of drug-likeness (QED) is 0.576. The zero-order valence-electron chi connectivity index (χ0n) is 7.56. The monoisotopic (exact) mass is 209 g/mol. The normalized spacial score (nSPS) is 8.29. The fourth-order valence-electron chi connectivity index (χ4n) is 0.777. The number of thiocarbonyl (C=S) groups is 1. The Kier molecular flexibility index (Phi) is 5.17. The van der Waals surface area contributed by atoms with Crippen LogP contribution < -0.4 is 5.73 Å². The van der Waals surface area contributed by atoms with E-state index >= 15 is 0 Å². The van der Waals surface area contributed by atoms with Crippen LogP contribution in [0.2, 0.25) is 0 Å².